The molecule has 0 radical (unpaired) electrons. The van der Waals surface area contributed by atoms with Gasteiger partial charge < -0.3 is 46.4 Å². The Hall–Kier alpha value is -6.07. The SMILES string of the molecule is C.C.CCCCOc1ccc(C)n(CCCC)c1=O.CCCCOc1ccc(C)n(CCCC)c1=S.CCCCn1c(C)ccc(O)c1=S.CCCCn1c(C)ccc(Oc2nc3ccccc3o2)c1=S.Clc1nc2ccccc2o1. The van der Waals surface area contributed by atoms with Crippen LogP contribution in [0.3, 0.4) is 0 Å². The number of unbranched alkanes of at least 4 members (excludes halogenated alkanes) is 6. The van der Waals surface area contributed by atoms with Crippen LogP contribution in [-0.2, 0) is 26.2 Å². The van der Waals surface area contributed by atoms with Crippen LogP contribution < -0.4 is 19.8 Å². The van der Waals surface area contributed by atoms with Gasteiger partial charge in [-0.2, -0.15) is 9.97 Å². The highest BCUT2D eigenvalue weighted by Gasteiger charge is 2.12. The van der Waals surface area contributed by atoms with Gasteiger partial charge in [-0.15, -0.1) is 0 Å². The lowest BCUT2D eigenvalue weighted by Gasteiger charge is -2.14. The monoisotopic (exact) mass is 1190 g/mol. The number of para-hydroxylation sites is 4. The quantitative estimate of drug-likeness (QED) is 0.0511. The molecule has 81 heavy (non-hydrogen) atoms. The molecule has 0 bridgehead atoms. The summed E-state index contributed by atoms with van der Waals surface area (Å²) in [6, 6.07) is 30.3. The lowest BCUT2D eigenvalue weighted by Crippen LogP contribution is -2.24. The standard InChI is InChI=1S/C17H18N2O2S.C14H23NO2.C14H23NOS.C10H15NOS.C7H4ClNO.2CH4/c1-3-4-11-19-12(2)9-10-15(16(19)22)21-17-18-13-7-5-6-8-14(13)20-17;1-4-6-10-15-12(3)8-9-13(14(15)16)17-11-7-5-2;1-4-6-10-15-12(3)8-9-13(14(15)17)16-11-7-5-2;1-3-4-7-11-8(2)5-6-9(12)10(11)13;8-7-9-5-3-1-2-4-6(5)10-7;;/h5-10H,3-4,11H2,1-2H3;2*8-9H,4-7,10-11H2,1-3H3;5-6,12H,3-4,7H2,1-2H3;1-4H;2*1H4. The van der Waals surface area contributed by atoms with Gasteiger partial charge in [-0.05, 0) is 151 Å². The Labute approximate surface area is 502 Å². The number of rotatable bonds is 22. The van der Waals surface area contributed by atoms with Crippen LogP contribution in [0.15, 0.2) is 111 Å². The van der Waals surface area contributed by atoms with Crippen LogP contribution in [-0.4, -0.2) is 46.6 Å². The fraction of sp³-hybridized carbons (Fsp3) is 0.469. The number of ether oxygens (including phenoxy) is 3. The third kappa shape index (κ3) is 22.7. The Bertz CT molecular complexity index is 3200. The van der Waals surface area contributed by atoms with Crippen molar-refractivity contribution in [1.82, 2.24) is 28.2 Å². The van der Waals surface area contributed by atoms with Crippen molar-refractivity contribution in [2.45, 2.75) is 187 Å². The number of pyridine rings is 4. The summed E-state index contributed by atoms with van der Waals surface area (Å²) >= 11 is 21.6. The van der Waals surface area contributed by atoms with Gasteiger partial charge in [-0.1, -0.05) is 156 Å². The average Bonchev–Trinajstić information content (AvgIpc) is 4.05. The van der Waals surface area contributed by atoms with Crippen LogP contribution in [0.4, 0.5) is 0 Å². The zero-order valence-electron chi connectivity index (χ0n) is 48.1. The first-order valence-corrected chi connectivity index (χ1v) is 29.5. The summed E-state index contributed by atoms with van der Waals surface area (Å²) in [5.41, 5.74) is 7.47. The summed E-state index contributed by atoms with van der Waals surface area (Å²) < 4.78 is 37.8. The lowest BCUT2D eigenvalue weighted by molar-refractivity contribution is 0.302. The number of aromatic hydroxyl groups is 1. The molecule has 0 atom stereocenters. The largest absolute Gasteiger partial charge is 0.505 e. The minimum absolute atomic E-state index is 0. The average molecular weight is 1190 g/mol. The molecule has 0 saturated carbocycles. The first-order chi connectivity index (χ1) is 38.1. The fourth-order valence-electron chi connectivity index (χ4n) is 7.77. The highest BCUT2D eigenvalue weighted by atomic mass is 35.5. The van der Waals surface area contributed by atoms with E-state index < -0.39 is 0 Å². The summed E-state index contributed by atoms with van der Waals surface area (Å²) in [4.78, 5) is 20.4. The van der Waals surface area contributed by atoms with Crippen molar-refractivity contribution >= 4 is 70.5 Å². The van der Waals surface area contributed by atoms with Crippen molar-refractivity contribution in [3.8, 4) is 29.1 Å². The van der Waals surface area contributed by atoms with Gasteiger partial charge in [-0.25, -0.2) is 0 Å². The Kier molecular flexibility index (Phi) is 33.9. The van der Waals surface area contributed by atoms with Gasteiger partial charge in [0.05, 0.1) is 13.2 Å². The molecule has 0 fully saturated rings. The van der Waals surface area contributed by atoms with E-state index in [9.17, 15) is 9.90 Å². The van der Waals surface area contributed by atoms with E-state index in [1.54, 1.807) is 12.1 Å². The van der Waals surface area contributed by atoms with Gasteiger partial charge >= 0.3 is 6.08 Å². The third-order valence-electron chi connectivity index (χ3n) is 12.6. The second-order valence-electron chi connectivity index (χ2n) is 19.0. The zero-order chi connectivity index (χ0) is 57.7. The summed E-state index contributed by atoms with van der Waals surface area (Å²) in [7, 11) is 0. The third-order valence-corrected chi connectivity index (χ3v) is 14.1. The first kappa shape index (κ1) is 71.0. The maximum atomic E-state index is 12.1. The van der Waals surface area contributed by atoms with E-state index in [0.717, 1.165) is 148 Å². The maximum Gasteiger partial charge on any atom is 0.400 e. The second kappa shape index (κ2) is 38.6. The number of fused-ring (bicyclic) bond motifs is 2. The number of oxazole rings is 2. The van der Waals surface area contributed by atoms with Crippen LogP contribution >= 0.6 is 48.3 Å². The van der Waals surface area contributed by atoms with E-state index in [1.165, 1.54) is 12.1 Å². The molecule has 2 aromatic carbocycles. The number of halogens is 1. The molecule has 13 nitrogen and oxygen atoms in total. The van der Waals surface area contributed by atoms with Crippen molar-refractivity contribution < 1.29 is 28.2 Å². The van der Waals surface area contributed by atoms with Crippen LogP contribution in [0.25, 0.3) is 22.2 Å². The second-order valence-corrected chi connectivity index (χ2v) is 20.5. The van der Waals surface area contributed by atoms with Gasteiger partial charge in [0.15, 0.2) is 28.4 Å². The van der Waals surface area contributed by atoms with Crippen molar-refractivity contribution in [3.63, 3.8) is 0 Å². The van der Waals surface area contributed by atoms with Crippen molar-refractivity contribution in [1.29, 1.82) is 0 Å². The minimum Gasteiger partial charge on any atom is -0.505 e. The van der Waals surface area contributed by atoms with E-state index in [1.807, 2.05) is 102 Å². The Morgan fingerprint density at radius 2 is 0.864 bits per heavy atom. The highest BCUT2D eigenvalue weighted by molar-refractivity contribution is 7.71. The molecule has 0 amide bonds. The molecule has 0 aliphatic carbocycles. The maximum absolute atomic E-state index is 12.1. The topological polar surface area (TPSA) is 137 Å². The Morgan fingerprint density at radius 3 is 1.35 bits per heavy atom. The van der Waals surface area contributed by atoms with E-state index in [2.05, 4.69) is 80.6 Å². The number of hydrogen-bond acceptors (Lipinski definition) is 12. The van der Waals surface area contributed by atoms with Gasteiger partial charge in [0.1, 0.15) is 30.7 Å². The Morgan fingerprint density at radius 1 is 0.481 bits per heavy atom. The van der Waals surface area contributed by atoms with Crippen LogP contribution in [0, 0.1) is 41.6 Å². The van der Waals surface area contributed by atoms with E-state index in [-0.39, 0.29) is 37.6 Å². The van der Waals surface area contributed by atoms with Gasteiger partial charge in [0.25, 0.3) is 10.9 Å². The van der Waals surface area contributed by atoms with Crippen molar-refractivity contribution in [3.05, 3.63) is 149 Å². The minimum atomic E-state index is 0. The molecule has 444 valence electrons. The molecule has 17 heteroatoms. The lowest BCUT2D eigenvalue weighted by atomic mass is 10.3. The van der Waals surface area contributed by atoms with Crippen molar-refractivity contribution in [2.24, 2.45) is 0 Å². The molecule has 0 aliphatic heterocycles. The van der Waals surface area contributed by atoms with Crippen LogP contribution in [0.5, 0.6) is 29.1 Å². The van der Waals surface area contributed by atoms with E-state index in [0.29, 0.717) is 33.0 Å². The van der Waals surface area contributed by atoms with Gasteiger partial charge in [0, 0.05) is 49.0 Å². The van der Waals surface area contributed by atoms with E-state index >= 15 is 0 Å². The first-order valence-electron chi connectivity index (χ1n) is 27.9. The molecule has 0 spiro atoms. The molecule has 1 N–H and O–H groups in total. The molecule has 8 aromatic rings. The Balaban J connectivity index is 0.000000351. The predicted molar refractivity (Wildman–Crippen MR) is 344 cm³/mol. The van der Waals surface area contributed by atoms with Crippen LogP contribution in [0.2, 0.25) is 5.35 Å². The molecular formula is C64H91ClN6O7S3. The number of aryl methyl sites for hydroxylation is 4. The highest BCUT2D eigenvalue weighted by Crippen LogP contribution is 2.27. The van der Waals surface area contributed by atoms with E-state index in [4.69, 9.17) is 71.3 Å². The molecule has 0 unspecified atom stereocenters. The molecular weight excluding hydrogens is 1100 g/mol. The number of aromatic nitrogens is 6. The molecule has 8 rings (SSSR count). The summed E-state index contributed by atoms with van der Waals surface area (Å²) in [6.07, 6.45) is 13.4. The molecule has 6 heterocycles. The smallest absolute Gasteiger partial charge is 0.400 e. The summed E-state index contributed by atoms with van der Waals surface area (Å²) in [6.45, 7) is 26.0. The van der Waals surface area contributed by atoms with Gasteiger partial charge in [-0.3, -0.25) is 4.79 Å². The molecule has 0 aliphatic rings. The fourth-order valence-corrected chi connectivity index (χ4v) is 8.96. The predicted octanol–water partition coefficient (Wildman–Crippen LogP) is 19.7. The molecule has 0 saturated heterocycles. The zero-order valence-corrected chi connectivity index (χ0v) is 51.4. The van der Waals surface area contributed by atoms with Crippen LogP contribution in [0.1, 0.15) is 156 Å². The number of hydrogen-bond donors (Lipinski definition) is 1. The number of benzene rings is 2. The number of nitrogens with zero attached hydrogens (tertiary/aromatic N) is 6. The van der Waals surface area contributed by atoms with Crippen molar-refractivity contribution in [2.75, 3.05) is 13.2 Å². The summed E-state index contributed by atoms with van der Waals surface area (Å²) in [5.74, 6) is 2.15. The van der Waals surface area contributed by atoms with Gasteiger partial charge in [0.2, 0.25) is 0 Å². The molecule has 6 aromatic heterocycles. The normalized spacial score (nSPS) is 10.4. The summed E-state index contributed by atoms with van der Waals surface area (Å²) in [5, 5.41) is 9.59.